The van der Waals surface area contributed by atoms with Gasteiger partial charge < -0.3 is 10.2 Å². The molecule has 2 rings (SSSR count). The Hall–Kier alpha value is -1.81. The summed E-state index contributed by atoms with van der Waals surface area (Å²) >= 11 is 0. The van der Waals surface area contributed by atoms with Gasteiger partial charge in [0.15, 0.2) is 0 Å². The Kier molecular flexibility index (Phi) is 3.67. The maximum Gasteiger partial charge on any atom is 0.115 e. The van der Waals surface area contributed by atoms with E-state index in [0.29, 0.717) is 13.0 Å². The molecule has 0 atom stereocenters. The minimum atomic E-state index is 0.145. The van der Waals surface area contributed by atoms with Crippen LogP contribution in [0.25, 0.3) is 0 Å². The molecule has 18 heavy (non-hydrogen) atoms. The van der Waals surface area contributed by atoms with E-state index in [1.54, 1.807) is 12.1 Å². The van der Waals surface area contributed by atoms with Crippen LogP contribution in [-0.2, 0) is 13.0 Å². The minimum Gasteiger partial charge on any atom is -0.508 e. The summed E-state index contributed by atoms with van der Waals surface area (Å²) in [6, 6.07) is 7.13. The summed E-state index contributed by atoms with van der Waals surface area (Å²) in [5.41, 5.74) is 4.28. The number of phenols is 1. The van der Waals surface area contributed by atoms with Gasteiger partial charge in [0.1, 0.15) is 5.75 Å². The molecule has 4 heteroatoms. The molecule has 0 amide bonds. The van der Waals surface area contributed by atoms with Crippen LogP contribution in [0.2, 0.25) is 0 Å². The topological polar surface area (TPSA) is 58.3 Å². The lowest BCUT2D eigenvalue weighted by atomic mass is 10.1. The molecule has 4 nitrogen and oxygen atoms in total. The number of benzene rings is 1. The van der Waals surface area contributed by atoms with Gasteiger partial charge in [0.2, 0.25) is 0 Å². The Morgan fingerprint density at radius 2 is 1.83 bits per heavy atom. The van der Waals surface area contributed by atoms with Crippen LogP contribution in [-0.4, -0.2) is 26.6 Å². The number of aromatic nitrogens is 2. The first kappa shape index (κ1) is 12.6. The molecular weight excluding hydrogens is 228 g/mol. The quantitative estimate of drug-likeness (QED) is 0.864. The Labute approximate surface area is 107 Å². The molecule has 0 aliphatic heterocycles. The van der Waals surface area contributed by atoms with E-state index in [9.17, 15) is 5.11 Å². The maximum absolute atomic E-state index is 9.25. The number of aryl methyl sites for hydroxylation is 1. The zero-order chi connectivity index (χ0) is 13.1. The highest BCUT2D eigenvalue weighted by Crippen LogP contribution is 2.16. The van der Waals surface area contributed by atoms with Crippen LogP contribution in [0.5, 0.6) is 5.75 Å². The Morgan fingerprint density at radius 3 is 2.44 bits per heavy atom. The van der Waals surface area contributed by atoms with E-state index in [-0.39, 0.29) is 12.4 Å². The molecule has 0 aliphatic rings. The van der Waals surface area contributed by atoms with E-state index in [2.05, 4.69) is 5.10 Å². The smallest absolute Gasteiger partial charge is 0.115 e. The molecule has 0 fully saturated rings. The fourth-order valence-corrected chi connectivity index (χ4v) is 2.14. The lowest BCUT2D eigenvalue weighted by molar-refractivity contribution is 0.299. The zero-order valence-electron chi connectivity index (χ0n) is 10.7. The molecule has 0 saturated carbocycles. The summed E-state index contributed by atoms with van der Waals surface area (Å²) in [7, 11) is 0. The number of phenolic OH excluding ortho intramolecular Hbond substituents is 1. The van der Waals surface area contributed by atoms with Crippen LogP contribution in [0.3, 0.4) is 0 Å². The molecule has 0 saturated heterocycles. The van der Waals surface area contributed by atoms with E-state index < -0.39 is 0 Å². The average Bonchev–Trinajstić information content (AvgIpc) is 2.60. The third-order valence-electron chi connectivity index (χ3n) is 3.16. The molecular formula is C14H18N2O2. The lowest BCUT2D eigenvalue weighted by Gasteiger charge is -2.05. The van der Waals surface area contributed by atoms with E-state index in [1.165, 1.54) is 0 Å². The largest absolute Gasteiger partial charge is 0.508 e. The van der Waals surface area contributed by atoms with Crippen molar-refractivity contribution < 1.29 is 10.2 Å². The summed E-state index contributed by atoms with van der Waals surface area (Å²) in [5.74, 6) is 0.271. The van der Waals surface area contributed by atoms with Crippen molar-refractivity contribution >= 4 is 0 Å². The number of aliphatic hydroxyl groups is 1. The predicted octanol–water partition coefficient (Wildman–Crippen LogP) is 1.79. The summed E-state index contributed by atoms with van der Waals surface area (Å²) in [5, 5.41) is 22.8. The fraction of sp³-hybridized carbons (Fsp3) is 0.357. The molecule has 0 bridgehead atoms. The SMILES string of the molecule is Cc1nn(Cc2ccc(O)cc2)c(C)c1CCO. The average molecular weight is 246 g/mol. The monoisotopic (exact) mass is 246 g/mol. The van der Waals surface area contributed by atoms with Gasteiger partial charge >= 0.3 is 0 Å². The molecule has 0 unspecified atom stereocenters. The second kappa shape index (κ2) is 5.23. The number of rotatable bonds is 4. The number of hydrogen-bond donors (Lipinski definition) is 2. The van der Waals surface area contributed by atoms with Crippen molar-refractivity contribution in [2.45, 2.75) is 26.8 Å². The first-order valence-electron chi connectivity index (χ1n) is 6.03. The standard InChI is InChI=1S/C14H18N2O2/c1-10-14(7-8-17)11(2)16(15-10)9-12-3-5-13(18)6-4-12/h3-6,17-18H,7-9H2,1-2H3. The Morgan fingerprint density at radius 1 is 1.17 bits per heavy atom. The second-order valence-electron chi connectivity index (χ2n) is 4.45. The molecule has 1 aromatic heterocycles. The van der Waals surface area contributed by atoms with Crippen LogP contribution in [0.1, 0.15) is 22.5 Å². The highest BCUT2D eigenvalue weighted by molar-refractivity contribution is 5.28. The van der Waals surface area contributed by atoms with Crippen molar-refractivity contribution in [1.82, 2.24) is 9.78 Å². The first-order valence-corrected chi connectivity index (χ1v) is 6.03. The van der Waals surface area contributed by atoms with E-state index >= 15 is 0 Å². The first-order chi connectivity index (χ1) is 8.61. The van der Waals surface area contributed by atoms with Gasteiger partial charge in [0.25, 0.3) is 0 Å². The van der Waals surface area contributed by atoms with Crippen LogP contribution in [0.15, 0.2) is 24.3 Å². The minimum absolute atomic E-state index is 0.145. The van der Waals surface area contributed by atoms with Gasteiger partial charge in [-0.3, -0.25) is 4.68 Å². The third kappa shape index (κ3) is 2.54. The van der Waals surface area contributed by atoms with Crippen molar-refractivity contribution in [2.75, 3.05) is 6.61 Å². The number of aromatic hydroxyl groups is 1. The van der Waals surface area contributed by atoms with Gasteiger partial charge in [0.05, 0.1) is 12.2 Å². The van der Waals surface area contributed by atoms with E-state index in [4.69, 9.17) is 5.11 Å². The Bertz CT molecular complexity index is 529. The van der Waals surface area contributed by atoms with Crippen molar-refractivity contribution in [3.8, 4) is 5.75 Å². The third-order valence-corrected chi connectivity index (χ3v) is 3.16. The van der Waals surface area contributed by atoms with Gasteiger partial charge in [-0.25, -0.2) is 0 Å². The van der Waals surface area contributed by atoms with Crippen LogP contribution in [0.4, 0.5) is 0 Å². The number of hydrogen-bond acceptors (Lipinski definition) is 3. The highest BCUT2D eigenvalue weighted by Gasteiger charge is 2.10. The Balaban J connectivity index is 2.24. The summed E-state index contributed by atoms with van der Waals surface area (Å²) < 4.78 is 1.94. The molecule has 1 aromatic carbocycles. The summed E-state index contributed by atoms with van der Waals surface area (Å²) in [6.45, 7) is 4.81. The molecule has 2 aromatic rings. The summed E-state index contributed by atoms with van der Waals surface area (Å²) in [4.78, 5) is 0. The molecule has 0 radical (unpaired) electrons. The van der Waals surface area contributed by atoms with E-state index in [1.807, 2.05) is 30.7 Å². The molecule has 1 heterocycles. The molecule has 2 N–H and O–H groups in total. The van der Waals surface area contributed by atoms with Crippen LogP contribution < -0.4 is 0 Å². The molecule has 0 spiro atoms. The van der Waals surface area contributed by atoms with Crippen molar-refractivity contribution in [3.05, 3.63) is 46.8 Å². The van der Waals surface area contributed by atoms with E-state index in [0.717, 1.165) is 22.5 Å². The van der Waals surface area contributed by atoms with Crippen LogP contribution >= 0.6 is 0 Å². The van der Waals surface area contributed by atoms with Crippen LogP contribution in [0, 0.1) is 13.8 Å². The van der Waals surface area contributed by atoms with Crippen molar-refractivity contribution in [2.24, 2.45) is 0 Å². The normalized spacial score (nSPS) is 10.8. The van der Waals surface area contributed by atoms with Gasteiger partial charge in [-0.15, -0.1) is 0 Å². The van der Waals surface area contributed by atoms with Gasteiger partial charge in [-0.05, 0) is 43.5 Å². The number of aliphatic hydroxyl groups excluding tert-OH is 1. The molecule has 96 valence electrons. The van der Waals surface area contributed by atoms with Gasteiger partial charge in [0, 0.05) is 12.3 Å². The number of nitrogens with zero attached hydrogens (tertiary/aromatic N) is 2. The highest BCUT2D eigenvalue weighted by atomic mass is 16.3. The lowest BCUT2D eigenvalue weighted by Crippen LogP contribution is -2.04. The van der Waals surface area contributed by atoms with Crippen molar-refractivity contribution in [3.63, 3.8) is 0 Å². The molecule has 0 aliphatic carbocycles. The zero-order valence-corrected chi connectivity index (χ0v) is 10.7. The maximum atomic E-state index is 9.25. The van der Waals surface area contributed by atoms with Gasteiger partial charge in [-0.1, -0.05) is 12.1 Å². The fourth-order valence-electron chi connectivity index (χ4n) is 2.14. The van der Waals surface area contributed by atoms with Gasteiger partial charge in [-0.2, -0.15) is 5.10 Å². The summed E-state index contributed by atoms with van der Waals surface area (Å²) in [6.07, 6.45) is 0.646. The predicted molar refractivity (Wildman–Crippen MR) is 69.7 cm³/mol. The second-order valence-corrected chi connectivity index (χ2v) is 4.45. The van der Waals surface area contributed by atoms with Crippen molar-refractivity contribution in [1.29, 1.82) is 0 Å².